The molecule has 0 saturated heterocycles. The lowest BCUT2D eigenvalue weighted by Gasteiger charge is -2.07. The molecule has 1 aliphatic rings. The number of rotatable bonds is 4. The number of nitrogens with zero attached hydrogens (tertiary/aromatic N) is 2. The van der Waals surface area contributed by atoms with Gasteiger partial charge in [-0.3, -0.25) is 9.89 Å². The van der Waals surface area contributed by atoms with E-state index >= 15 is 0 Å². The van der Waals surface area contributed by atoms with E-state index in [2.05, 4.69) is 20.5 Å². The Morgan fingerprint density at radius 1 is 1.38 bits per heavy atom. The van der Waals surface area contributed by atoms with Crippen LogP contribution < -0.4 is 5.32 Å². The summed E-state index contributed by atoms with van der Waals surface area (Å²) in [5, 5.41) is 18.4. The van der Waals surface area contributed by atoms with Gasteiger partial charge >= 0.3 is 5.97 Å². The van der Waals surface area contributed by atoms with Gasteiger partial charge in [0.2, 0.25) is 5.82 Å². The number of benzene rings is 1. The average Bonchev–Trinajstić information content (AvgIpc) is 3.16. The first-order chi connectivity index (χ1) is 10.0. The Balaban J connectivity index is 1.83. The van der Waals surface area contributed by atoms with Crippen LogP contribution in [0.3, 0.4) is 0 Å². The largest absolute Gasteiger partial charge is 0.478 e. The molecule has 3 rings (SSSR count). The minimum Gasteiger partial charge on any atom is -0.478 e. The molecule has 1 aromatic carbocycles. The molecule has 0 unspecified atom stereocenters. The first kappa shape index (κ1) is 13.6. The molecule has 1 amide bonds. The van der Waals surface area contributed by atoms with Crippen LogP contribution in [0.15, 0.2) is 18.2 Å². The molecule has 1 heterocycles. The molecule has 0 radical (unpaired) electrons. The van der Waals surface area contributed by atoms with Gasteiger partial charge in [0.15, 0.2) is 0 Å². The lowest BCUT2D eigenvalue weighted by Crippen LogP contribution is -2.16. The third-order valence-electron chi connectivity index (χ3n) is 3.13. The van der Waals surface area contributed by atoms with Gasteiger partial charge in [0.25, 0.3) is 5.91 Å². The Hall–Kier alpha value is -2.41. The molecule has 3 N–H and O–H groups in total. The maximum atomic E-state index is 12.1. The fourth-order valence-corrected chi connectivity index (χ4v) is 2.07. The quantitative estimate of drug-likeness (QED) is 0.803. The molecule has 2 aromatic rings. The summed E-state index contributed by atoms with van der Waals surface area (Å²) in [6, 6.07) is 4.14. The highest BCUT2D eigenvalue weighted by Gasteiger charge is 2.28. The number of nitrogens with one attached hydrogen (secondary N) is 2. The van der Waals surface area contributed by atoms with Gasteiger partial charge in [-0.1, -0.05) is 11.6 Å². The van der Waals surface area contributed by atoms with E-state index in [0.29, 0.717) is 16.8 Å². The standard InChI is InChI=1S/C13H11ClN4O3/c14-7-3-4-8(13(20)21)9(5-7)15-12(19)11-16-10(17-18-11)6-1-2-6/h3-6H,1-2H2,(H,15,19)(H,20,21)(H,16,17,18). The van der Waals surface area contributed by atoms with Gasteiger partial charge in [-0.2, -0.15) is 0 Å². The number of carboxylic acids is 1. The Morgan fingerprint density at radius 3 is 2.81 bits per heavy atom. The highest BCUT2D eigenvalue weighted by atomic mass is 35.5. The van der Waals surface area contributed by atoms with Crippen LogP contribution in [-0.2, 0) is 0 Å². The topological polar surface area (TPSA) is 108 Å². The molecule has 0 bridgehead atoms. The predicted octanol–water partition coefficient (Wildman–Crippen LogP) is 2.29. The highest BCUT2D eigenvalue weighted by Crippen LogP contribution is 2.37. The Bertz CT molecular complexity index is 724. The molecule has 0 atom stereocenters. The molecule has 0 aliphatic heterocycles. The number of hydrogen-bond donors (Lipinski definition) is 3. The van der Waals surface area contributed by atoms with Crippen LogP contribution in [-0.4, -0.2) is 32.2 Å². The van der Waals surface area contributed by atoms with Crippen molar-refractivity contribution in [2.75, 3.05) is 5.32 Å². The summed E-state index contributed by atoms with van der Waals surface area (Å²) in [5.41, 5.74) is 0.0588. The summed E-state index contributed by atoms with van der Waals surface area (Å²) in [6.45, 7) is 0. The fraction of sp³-hybridized carbons (Fsp3) is 0.231. The van der Waals surface area contributed by atoms with Crippen molar-refractivity contribution in [3.8, 4) is 0 Å². The number of halogens is 1. The number of carbonyl (C=O) groups is 2. The summed E-state index contributed by atoms with van der Waals surface area (Å²) < 4.78 is 0. The van der Waals surface area contributed by atoms with E-state index in [0.717, 1.165) is 12.8 Å². The molecule has 1 saturated carbocycles. The summed E-state index contributed by atoms with van der Waals surface area (Å²) in [6.07, 6.45) is 2.07. The summed E-state index contributed by atoms with van der Waals surface area (Å²) in [4.78, 5) is 27.3. The van der Waals surface area contributed by atoms with Crippen molar-refractivity contribution in [1.29, 1.82) is 0 Å². The first-order valence-corrected chi connectivity index (χ1v) is 6.69. The SMILES string of the molecule is O=C(Nc1cc(Cl)ccc1C(=O)O)c1n[nH]c(C2CC2)n1. The average molecular weight is 307 g/mol. The summed E-state index contributed by atoms with van der Waals surface area (Å²) in [7, 11) is 0. The van der Waals surface area contributed by atoms with Crippen molar-refractivity contribution in [3.05, 3.63) is 40.4 Å². The normalized spacial score (nSPS) is 14.0. The maximum Gasteiger partial charge on any atom is 0.337 e. The third kappa shape index (κ3) is 2.87. The van der Waals surface area contributed by atoms with E-state index in [-0.39, 0.29) is 17.1 Å². The van der Waals surface area contributed by atoms with Gasteiger partial charge in [-0.25, -0.2) is 9.78 Å². The number of hydrogen-bond acceptors (Lipinski definition) is 4. The van der Waals surface area contributed by atoms with Crippen molar-refractivity contribution >= 4 is 29.2 Å². The zero-order valence-corrected chi connectivity index (χ0v) is 11.5. The van der Waals surface area contributed by atoms with Gasteiger partial charge in [0.05, 0.1) is 11.3 Å². The molecule has 1 fully saturated rings. The van der Waals surface area contributed by atoms with E-state index in [1.54, 1.807) is 0 Å². The number of amides is 1. The number of anilines is 1. The molecular formula is C13H11ClN4O3. The van der Waals surface area contributed by atoms with Crippen LogP contribution in [0.2, 0.25) is 5.02 Å². The lowest BCUT2D eigenvalue weighted by molar-refractivity contribution is 0.0698. The molecule has 0 spiro atoms. The van der Waals surface area contributed by atoms with Gasteiger partial charge in [-0.05, 0) is 31.0 Å². The Morgan fingerprint density at radius 2 is 2.14 bits per heavy atom. The number of aromatic carboxylic acids is 1. The van der Waals surface area contributed by atoms with Crippen LogP contribution in [0.4, 0.5) is 5.69 Å². The first-order valence-electron chi connectivity index (χ1n) is 6.31. The highest BCUT2D eigenvalue weighted by molar-refractivity contribution is 6.31. The lowest BCUT2D eigenvalue weighted by atomic mass is 10.2. The van der Waals surface area contributed by atoms with Crippen molar-refractivity contribution in [3.63, 3.8) is 0 Å². The van der Waals surface area contributed by atoms with Crippen molar-refractivity contribution in [2.45, 2.75) is 18.8 Å². The summed E-state index contributed by atoms with van der Waals surface area (Å²) in [5.74, 6) is -0.726. The van der Waals surface area contributed by atoms with Crippen LogP contribution in [0, 0.1) is 0 Å². The summed E-state index contributed by atoms with van der Waals surface area (Å²) >= 11 is 5.82. The van der Waals surface area contributed by atoms with Crippen LogP contribution in [0.25, 0.3) is 0 Å². The molecule has 108 valence electrons. The van der Waals surface area contributed by atoms with Crippen LogP contribution in [0.1, 0.15) is 45.6 Å². The number of aromatic nitrogens is 3. The maximum absolute atomic E-state index is 12.1. The van der Waals surface area contributed by atoms with Gasteiger partial charge in [-0.15, -0.1) is 5.10 Å². The van der Waals surface area contributed by atoms with E-state index in [9.17, 15) is 9.59 Å². The molecule has 21 heavy (non-hydrogen) atoms. The predicted molar refractivity (Wildman–Crippen MR) is 74.7 cm³/mol. The van der Waals surface area contributed by atoms with Crippen molar-refractivity contribution < 1.29 is 14.7 Å². The molecule has 7 nitrogen and oxygen atoms in total. The monoisotopic (exact) mass is 306 g/mol. The second kappa shape index (κ2) is 5.17. The second-order valence-corrected chi connectivity index (χ2v) is 5.20. The minimum atomic E-state index is -1.16. The Kier molecular flexibility index (Phi) is 3.34. The third-order valence-corrected chi connectivity index (χ3v) is 3.37. The molecule has 8 heteroatoms. The Labute approximate surface area is 124 Å². The van der Waals surface area contributed by atoms with Crippen molar-refractivity contribution in [2.24, 2.45) is 0 Å². The minimum absolute atomic E-state index is 0.0202. The number of H-pyrrole nitrogens is 1. The fourth-order valence-electron chi connectivity index (χ4n) is 1.90. The molecule has 1 aliphatic carbocycles. The van der Waals surface area contributed by atoms with Gasteiger partial charge in [0.1, 0.15) is 5.82 Å². The van der Waals surface area contributed by atoms with Gasteiger partial charge in [0, 0.05) is 10.9 Å². The van der Waals surface area contributed by atoms with Crippen LogP contribution >= 0.6 is 11.6 Å². The number of carboxylic acid groups (broad SMARTS) is 1. The van der Waals surface area contributed by atoms with Crippen molar-refractivity contribution in [1.82, 2.24) is 15.2 Å². The second-order valence-electron chi connectivity index (χ2n) is 4.77. The number of aromatic amines is 1. The van der Waals surface area contributed by atoms with E-state index in [1.807, 2.05) is 0 Å². The van der Waals surface area contributed by atoms with E-state index < -0.39 is 11.9 Å². The zero-order valence-electron chi connectivity index (χ0n) is 10.8. The van der Waals surface area contributed by atoms with E-state index in [4.69, 9.17) is 16.7 Å². The van der Waals surface area contributed by atoms with Crippen LogP contribution in [0.5, 0.6) is 0 Å². The van der Waals surface area contributed by atoms with Gasteiger partial charge < -0.3 is 10.4 Å². The molecular weight excluding hydrogens is 296 g/mol. The number of carbonyl (C=O) groups excluding carboxylic acids is 1. The smallest absolute Gasteiger partial charge is 0.337 e. The molecule has 1 aromatic heterocycles. The zero-order chi connectivity index (χ0) is 15.0. The van der Waals surface area contributed by atoms with E-state index in [1.165, 1.54) is 18.2 Å².